The summed E-state index contributed by atoms with van der Waals surface area (Å²) in [7, 11) is 0. The van der Waals surface area contributed by atoms with Crippen LogP contribution in [0.1, 0.15) is 11.3 Å². The first-order valence-electron chi connectivity index (χ1n) is 15.5. The molecule has 9 aromatic rings. The number of aryl methyl sites for hydroxylation is 1. The summed E-state index contributed by atoms with van der Waals surface area (Å²) in [6, 6.07) is 42.7. The molecule has 4 heteroatoms. The largest absolute Gasteiger partial charge is 0.455 e. The van der Waals surface area contributed by atoms with E-state index in [0.717, 1.165) is 66.8 Å². The molecule has 46 heavy (non-hydrogen) atoms. The predicted molar refractivity (Wildman–Crippen MR) is 192 cm³/mol. The molecule has 5 aromatic carbocycles. The number of pyridine rings is 1. The SMILES string of the molecule is C=C/C=C\c1c(C)c2cc(-c3cccc4c3oc3ccccc34)ccc2n1-c1ccc(-n2c3ccccc3c3ccccc32)nc1. The highest BCUT2D eigenvalue weighted by Crippen LogP contribution is 2.39. The second kappa shape index (κ2) is 10.2. The molecule has 0 amide bonds. The van der Waals surface area contributed by atoms with Gasteiger partial charge in [-0.1, -0.05) is 97.6 Å². The molecule has 0 bridgehead atoms. The lowest BCUT2D eigenvalue weighted by Gasteiger charge is -2.12. The quantitative estimate of drug-likeness (QED) is 0.187. The molecule has 0 unspecified atom stereocenters. The predicted octanol–water partition coefficient (Wildman–Crippen LogP) is 11.2. The van der Waals surface area contributed by atoms with Gasteiger partial charge in [0.05, 0.1) is 28.4 Å². The number of rotatable bonds is 5. The summed E-state index contributed by atoms with van der Waals surface area (Å²) in [5.41, 5.74) is 10.7. The van der Waals surface area contributed by atoms with E-state index in [1.165, 1.54) is 21.7 Å². The minimum Gasteiger partial charge on any atom is -0.455 e. The number of hydrogen-bond acceptors (Lipinski definition) is 2. The normalized spacial score (nSPS) is 12.0. The van der Waals surface area contributed by atoms with Crippen LogP contribution in [0.3, 0.4) is 0 Å². The minimum atomic E-state index is 0.888. The van der Waals surface area contributed by atoms with Crippen molar-refractivity contribution in [1.29, 1.82) is 0 Å². The van der Waals surface area contributed by atoms with Crippen molar-refractivity contribution in [2.45, 2.75) is 6.92 Å². The Morgan fingerprint density at radius 3 is 2.09 bits per heavy atom. The second-order valence-corrected chi connectivity index (χ2v) is 11.7. The molecule has 218 valence electrons. The molecule has 0 radical (unpaired) electrons. The average Bonchev–Trinajstić information content (AvgIpc) is 3.75. The van der Waals surface area contributed by atoms with Crippen LogP contribution in [0.4, 0.5) is 0 Å². The molecule has 0 spiro atoms. The third kappa shape index (κ3) is 3.83. The Morgan fingerprint density at radius 1 is 0.652 bits per heavy atom. The summed E-state index contributed by atoms with van der Waals surface area (Å²) in [5, 5.41) is 5.90. The Labute approximate surface area is 265 Å². The highest BCUT2D eigenvalue weighted by molar-refractivity contribution is 6.10. The van der Waals surface area contributed by atoms with Crippen LogP contribution >= 0.6 is 0 Å². The molecule has 0 aliphatic heterocycles. The van der Waals surface area contributed by atoms with Gasteiger partial charge in [0.1, 0.15) is 17.0 Å². The number of furan rings is 1. The number of benzene rings is 5. The fourth-order valence-electron chi connectivity index (χ4n) is 7.06. The number of allylic oxidation sites excluding steroid dienone is 2. The van der Waals surface area contributed by atoms with Crippen molar-refractivity contribution in [1.82, 2.24) is 14.1 Å². The van der Waals surface area contributed by atoms with E-state index in [2.05, 4.69) is 138 Å². The Balaban J connectivity index is 1.21. The topological polar surface area (TPSA) is 35.9 Å². The first kappa shape index (κ1) is 26.3. The van der Waals surface area contributed by atoms with Crippen LogP contribution in [0.15, 0.2) is 151 Å². The molecule has 0 saturated carbocycles. The van der Waals surface area contributed by atoms with Crippen molar-refractivity contribution in [2.24, 2.45) is 0 Å². The van der Waals surface area contributed by atoms with Crippen molar-refractivity contribution in [3.05, 3.63) is 158 Å². The fraction of sp³-hybridized carbons (Fsp3) is 0.0238. The van der Waals surface area contributed by atoms with Crippen LogP contribution in [0.25, 0.3) is 83.4 Å². The van der Waals surface area contributed by atoms with E-state index in [1.54, 1.807) is 0 Å². The maximum Gasteiger partial charge on any atom is 0.143 e. The van der Waals surface area contributed by atoms with E-state index in [-0.39, 0.29) is 0 Å². The number of aromatic nitrogens is 3. The fourth-order valence-corrected chi connectivity index (χ4v) is 7.06. The number of hydrogen-bond donors (Lipinski definition) is 0. The molecular weight excluding hydrogens is 562 g/mol. The maximum absolute atomic E-state index is 6.39. The van der Waals surface area contributed by atoms with Gasteiger partial charge in [-0.05, 0) is 66.6 Å². The standard InChI is InChI=1S/C42H29N3O/c1-3-4-17-36-27(2)35-25-28(30-15-11-16-34-33-14-7-10-20-40(33)46-42(30)34)21-23-39(35)44(36)29-22-24-41(43-26-29)45-37-18-8-5-12-31(37)32-13-6-9-19-38(32)45/h3-26H,1H2,2H3/b17-4-. The van der Waals surface area contributed by atoms with Crippen molar-refractivity contribution in [3.63, 3.8) is 0 Å². The Bertz CT molecular complexity index is 2610. The van der Waals surface area contributed by atoms with Crippen LogP contribution in [0, 0.1) is 6.92 Å². The van der Waals surface area contributed by atoms with Crippen molar-refractivity contribution >= 4 is 60.7 Å². The van der Waals surface area contributed by atoms with Crippen LogP contribution in [0.2, 0.25) is 0 Å². The zero-order chi connectivity index (χ0) is 30.8. The molecule has 4 aromatic heterocycles. The molecule has 0 fully saturated rings. The van der Waals surface area contributed by atoms with E-state index < -0.39 is 0 Å². The highest BCUT2D eigenvalue weighted by Gasteiger charge is 2.18. The smallest absolute Gasteiger partial charge is 0.143 e. The molecular formula is C42H29N3O. The van der Waals surface area contributed by atoms with Gasteiger partial charge in [0.2, 0.25) is 0 Å². The average molecular weight is 592 g/mol. The van der Waals surface area contributed by atoms with E-state index in [4.69, 9.17) is 9.40 Å². The molecule has 0 aliphatic carbocycles. The Kier molecular flexibility index (Phi) is 5.84. The Morgan fingerprint density at radius 2 is 1.35 bits per heavy atom. The third-order valence-electron chi connectivity index (χ3n) is 9.17. The number of fused-ring (bicyclic) bond motifs is 7. The van der Waals surface area contributed by atoms with Gasteiger partial charge in [0, 0.05) is 38.2 Å². The van der Waals surface area contributed by atoms with Crippen LogP contribution in [-0.2, 0) is 0 Å². The van der Waals surface area contributed by atoms with Gasteiger partial charge < -0.3 is 8.98 Å². The van der Waals surface area contributed by atoms with Crippen molar-refractivity contribution in [2.75, 3.05) is 0 Å². The van der Waals surface area contributed by atoms with Crippen molar-refractivity contribution < 1.29 is 4.42 Å². The summed E-state index contributed by atoms with van der Waals surface area (Å²) < 4.78 is 10.9. The molecule has 0 N–H and O–H groups in total. The Hall–Kier alpha value is -6.13. The highest BCUT2D eigenvalue weighted by atomic mass is 16.3. The summed E-state index contributed by atoms with van der Waals surface area (Å²) in [6.07, 6.45) is 7.92. The second-order valence-electron chi connectivity index (χ2n) is 11.7. The molecule has 0 aliphatic rings. The molecule has 9 rings (SSSR count). The van der Waals surface area contributed by atoms with Crippen LogP contribution < -0.4 is 0 Å². The van der Waals surface area contributed by atoms with Gasteiger partial charge >= 0.3 is 0 Å². The van der Waals surface area contributed by atoms with E-state index in [9.17, 15) is 0 Å². The zero-order valence-electron chi connectivity index (χ0n) is 25.3. The first-order chi connectivity index (χ1) is 22.7. The molecule has 0 saturated heterocycles. The summed E-state index contributed by atoms with van der Waals surface area (Å²) >= 11 is 0. The van der Waals surface area contributed by atoms with E-state index in [0.29, 0.717) is 0 Å². The van der Waals surface area contributed by atoms with Gasteiger partial charge in [0.15, 0.2) is 0 Å². The maximum atomic E-state index is 6.39. The molecule has 4 heterocycles. The van der Waals surface area contributed by atoms with Crippen LogP contribution in [-0.4, -0.2) is 14.1 Å². The van der Waals surface area contributed by atoms with E-state index >= 15 is 0 Å². The lowest BCUT2D eigenvalue weighted by Crippen LogP contribution is -2.01. The monoisotopic (exact) mass is 591 g/mol. The number of para-hydroxylation sites is 4. The number of nitrogens with zero attached hydrogens (tertiary/aromatic N) is 3. The first-order valence-corrected chi connectivity index (χ1v) is 15.5. The van der Waals surface area contributed by atoms with Crippen LogP contribution in [0.5, 0.6) is 0 Å². The molecule has 0 atom stereocenters. The summed E-state index contributed by atoms with van der Waals surface area (Å²) in [4.78, 5) is 5.04. The summed E-state index contributed by atoms with van der Waals surface area (Å²) in [6.45, 7) is 6.12. The third-order valence-corrected chi connectivity index (χ3v) is 9.17. The minimum absolute atomic E-state index is 0.888. The van der Waals surface area contributed by atoms with Gasteiger partial charge in [-0.2, -0.15) is 0 Å². The van der Waals surface area contributed by atoms with Gasteiger partial charge in [0.25, 0.3) is 0 Å². The van der Waals surface area contributed by atoms with Gasteiger partial charge in [-0.25, -0.2) is 4.98 Å². The zero-order valence-corrected chi connectivity index (χ0v) is 25.3. The van der Waals surface area contributed by atoms with Gasteiger partial charge in [-0.3, -0.25) is 4.57 Å². The molecule has 4 nitrogen and oxygen atoms in total. The lowest BCUT2D eigenvalue weighted by molar-refractivity contribution is 0.670. The van der Waals surface area contributed by atoms with Gasteiger partial charge in [-0.15, -0.1) is 0 Å². The van der Waals surface area contributed by atoms with E-state index in [1.807, 2.05) is 30.5 Å². The van der Waals surface area contributed by atoms with Crippen molar-refractivity contribution in [3.8, 4) is 22.6 Å². The summed E-state index contributed by atoms with van der Waals surface area (Å²) in [5.74, 6) is 0.888. The lowest BCUT2D eigenvalue weighted by atomic mass is 10.00.